The summed E-state index contributed by atoms with van der Waals surface area (Å²) in [7, 11) is 0. The van der Waals surface area contributed by atoms with Gasteiger partial charge in [0.25, 0.3) is 5.91 Å². The number of nitrogens with one attached hydrogen (secondary N) is 2. The largest absolute Gasteiger partial charge is 0.361 e. The highest BCUT2D eigenvalue weighted by molar-refractivity contribution is 5.97. The van der Waals surface area contributed by atoms with Crippen molar-refractivity contribution in [2.45, 2.75) is 12.8 Å². The summed E-state index contributed by atoms with van der Waals surface area (Å²) >= 11 is 0. The number of hydrogen-bond acceptors (Lipinski definition) is 4. The molecule has 0 fully saturated rings. The number of tetrazole rings is 1. The first-order chi connectivity index (χ1) is 12.8. The monoisotopic (exact) mass is 346 g/mol. The third-order valence-corrected chi connectivity index (χ3v) is 4.33. The Kier molecular flexibility index (Phi) is 4.42. The Labute approximate surface area is 150 Å². The molecule has 0 aliphatic carbocycles. The SMILES string of the molecule is O=C(NCCCc1c[nH]c2ccccc12)c1ccccc1-n1cnnn1. The van der Waals surface area contributed by atoms with E-state index in [1.807, 2.05) is 36.5 Å². The van der Waals surface area contributed by atoms with Gasteiger partial charge in [-0.3, -0.25) is 4.79 Å². The molecule has 0 saturated heterocycles. The quantitative estimate of drug-likeness (QED) is 0.525. The highest BCUT2D eigenvalue weighted by atomic mass is 16.1. The number of para-hydroxylation sites is 2. The molecular weight excluding hydrogens is 328 g/mol. The van der Waals surface area contributed by atoms with E-state index in [-0.39, 0.29) is 5.91 Å². The van der Waals surface area contributed by atoms with Crippen LogP contribution in [0.3, 0.4) is 0 Å². The third kappa shape index (κ3) is 3.19. The molecule has 0 aliphatic heterocycles. The Morgan fingerprint density at radius 1 is 1.12 bits per heavy atom. The van der Waals surface area contributed by atoms with E-state index in [0.29, 0.717) is 17.8 Å². The minimum atomic E-state index is -0.130. The van der Waals surface area contributed by atoms with Crippen molar-refractivity contribution >= 4 is 16.8 Å². The van der Waals surface area contributed by atoms with E-state index >= 15 is 0 Å². The number of carbonyl (C=O) groups is 1. The van der Waals surface area contributed by atoms with Crippen LogP contribution in [0.2, 0.25) is 0 Å². The van der Waals surface area contributed by atoms with Crippen molar-refractivity contribution in [2.24, 2.45) is 0 Å². The van der Waals surface area contributed by atoms with E-state index in [2.05, 4.69) is 38.0 Å². The molecule has 26 heavy (non-hydrogen) atoms. The summed E-state index contributed by atoms with van der Waals surface area (Å²) < 4.78 is 1.49. The second-order valence-electron chi connectivity index (χ2n) is 5.99. The van der Waals surface area contributed by atoms with Crippen LogP contribution in [0.25, 0.3) is 16.6 Å². The highest BCUT2D eigenvalue weighted by Gasteiger charge is 2.12. The maximum atomic E-state index is 12.5. The van der Waals surface area contributed by atoms with Crippen LogP contribution in [0.4, 0.5) is 0 Å². The van der Waals surface area contributed by atoms with Gasteiger partial charge in [0.2, 0.25) is 0 Å². The predicted molar refractivity (Wildman–Crippen MR) is 98.1 cm³/mol. The van der Waals surface area contributed by atoms with Gasteiger partial charge in [0.1, 0.15) is 6.33 Å². The number of aryl methyl sites for hydroxylation is 1. The minimum absolute atomic E-state index is 0.130. The van der Waals surface area contributed by atoms with E-state index in [1.165, 1.54) is 22.0 Å². The number of nitrogens with zero attached hydrogens (tertiary/aromatic N) is 4. The number of rotatable bonds is 6. The lowest BCUT2D eigenvalue weighted by molar-refractivity contribution is 0.0953. The fraction of sp³-hybridized carbons (Fsp3) is 0.158. The fourth-order valence-electron chi connectivity index (χ4n) is 3.05. The van der Waals surface area contributed by atoms with E-state index in [9.17, 15) is 4.79 Å². The number of aromatic amines is 1. The molecule has 2 aromatic heterocycles. The number of amides is 1. The van der Waals surface area contributed by atoms with Crippen LogP contribution in [-0.2, 0) is 6.42 Å². The lowest BCUT2D eigenvalue weighted by Gasteiger charge is -2.09. The second kappa shape index (κ2) is 7.18. The summed E-state index contributed by atoms with van der Waals surface area (Å²) in [6.07, 6.45) is 5.28. The number of benzene rings is 2. The first kappa shape index (κ1) is 16.0. The standard InChI is InChI=1S/C19H18N6O/c26-19(16-8-2-4-10-18(16)25-13-22-23-24-25)20-11-5-6-14-12-21-17-9-3-1-7-15(14)17/h1-4,7-10,12-13,21H,5-6,11H2,(H,20,26). The molecule has 2 aromatic carbocycles. The molecule has 130 valence electrons. The molecule has 0 bridgehead atoms. The first-order valence-corrected chi connectivity index (χ1v) is 8.48. The summed E-state index contributed by atoms with van der Waals surface area (Å²) in [4.78, 5) is 15.8. The van der Waals surface area contributed by atoms with Crippen molar-refractivity contribution in [2.75, 3.05) is 6.54 Å². The lowest BCUT2D eigenvalue weighted by atomic mass is 10.1. The molecule has 0 spiro atoms. The molecule has 2 N–H and O–H groups in total. The number of aromatic nitrogens is 5. The zero-order valence-electron chi connectivity index (χ0n) is 14.1. The van der Waals surface area contributed by atoms with Gasteiger partial charge in [-0.2, -0.15) is 4.68 Å². The van der Waals surface area contributed by atoms with Crippen LogP contribution < -0.4 is 5.32 Å². The van der Waals surface area contributed by atoms with Gasteiger partial charge < -0.3 is 10.3 Å². The lowest BCUT2D eigenvalue weighted by Crippen LogP contribution is -2.26. The summed E-state index contributed by atoms with van der Waals surface area (Å²) in [5, 5.41) is 15.3. The van der Waals surface area contributed by atoms with Crippen molar-refractivity contribution in [3.8, 4) is 5.69 Å². The maximum Gasteiger partial charge on any atom is 0.253 e. The van der Waals surface area contributed by atoms with E-state index in [1.54, 1.807) is 6.07 Å². The smallest absolute Gasteiger partial charge is 0.253 e. The number of H-pyrrole nitrogens is 1. The van der Waals surface area contributed by atoms with Crippen molar-refractivity contribution in [1.29, 1.82) is 0 Å². The van der Waals surface area contributed by atoms with Crippen LogP contribution in [0.5, 0.6) is 0 Å². The van der Waals surface area contributed by atoms with Crippen molar-refractivity contribution in [3.05, 3.63) is 72.2 Å². The van der Waals surface area contributed by atoms with E-state index < -0.39 is 0 Å². The average molecular weight is 346 g/mol. The Bertz CT molecular complexity index is 1020. The molecule has 0 aliphatic rings. The molecule has 4 rings (SSSR count). The summed E-state index contributed by atoms with van der Waals surface area (Å²) in [5.41, 5.74) is 3.62. The van der Waals surface area contributed by atoms with Gasteiger partial charge in [-0.1, -0.05) is 30.3 Å². The Balaban J connectivity index is 1.38. The van der Waals surface area contributed by atoms with Crippen molar-refractivity contribution in [3.63, 3.8) is 0 Å². The van der Waals surface area contributed by atoms with Gasteiger partial charge in [-0.15, -0.1) is 5.10 Å². The molecule has 1 amide bonds. The molecule has 0 radical (unpaired) electrons. The van der Waals surface area contributed by atoms with Gasteiger partial charge >= 0.3 is 0 Å². The van der Waals surface area contributed by atoms with Crippen LogP contribution in [0, 0.1) is 0 Å². The molecular formula is C19H18N6O. The van der Waals surface area contributed by atoms with Gasteiger partial charge in [0, 0.05) is 23.6 Å². The van der Waals surface area contributed by atoms with Gasteiger partial charge in [-0.05, 0) is 47.0 Å². The van der Waals surface area contributed by atoms with Gasteiger partial charge in [0.15, 0.2) is 0 Å². The van der Waals surface area contributed by atoms with Crippen molar-refractivity contribution in [1.82, 2.24) is 30.5 Å². The maximum absolute atomic E-state index is 12.5. The fourth-order valence-corrected chi connectivity index (χ4v) is 3.05. The average Bonchev–Trinajstić information content (AvgIpc) is 3.35. The molecule has 0 saturated carbocycles. The summed E-state index contributed by atoms with van der Waals surface area (Å²) in [5.74, 6) is -0.130. The molecule has 7 nitrogen and oxygen atoms in total. The molecule has 2 heterocycles. The van der Waals surface area contributed by atoms with Crippen LogP contribution in [0.15, 0.2) is 61.1 Å². The van der Waals surface area contributed by atoms with Crippen molar-refractivity contribution < 1.29 is 4.79 Å². The third-order valence-electron chi connectivity index (χ3n) is 4.33. The molecule has 4 aromatic rings. The zero-order valence-corrected chi connectivity index (χ0v) is 14.1. The topological polar surface area (TPSA) is 88.5 Å². The first-order valence-electron chi connectivity index (χ1n) is 8.48. The van der Waals surface area contributed by atoms with E-state index in [4.69, 9.17) is 0 Å². The number of hydrogen-bond donors (Lipinski definition) is 2. The Morgan fingerprint density at radius 2 is 1.96 bits per heavy atom. The number of fused-ring (bicyclic) bond motifs is 1. The minimum Gasteiger partial charge on any atom is -0.361 e. The highest BCUT2D eigenvalue weighted by Crippen LogP contribution is 2.19. The van der Waals surface area contributed by atoms with Gasteiger partial charge in [-0.25, -0.2) is 0 Å². The van der Waals surface area contributed by atoms with Crippen LogP contribution in [-0.4, -0.2) is 37.6 Å². The zero-order chi connectivity index (χ0) is 17.8. The second-order valence-corrected chi connectivity index (χ2v) is 5.99. The Morgan fingerprint density at radius 3 is 2.85 bits per heavy atom. The summed E-state index contributed by atoms with van der Waals surface area (Å²) in [6.45, 7) is 0.599. The van der Waals surface area contributed by atoms with Gasteiger partial charge in [0.05, 0.1) is 11.3 Å². The molecule has 7 heteroatoms. The predicted octanol–water partition coefficient (Wildman–Crippen LogP) is 2.51. The molecule has 0 unspecified atom stereocenters. The number of carbonyl (C=O) groups excluding carboxylic acids is 1. The molecule has 0 atom stereocenters. The van der Waals surface area contributed by atoms with E-state index in [0.717, 1.165) is 18.4 Å². The van der Waals surface area contributed by atoms with Crippen LogP contribution in [0.1, 0.15) is 22.3 Å². The Hall–Kier alpha value is -3.48. The summed E-state index contributed by atoms with van der Waals surface area (Å²) in [6, 6.07) is 15.5. The van der Waals surface area contributed by atoms with Crippen LogP contribution >= 0.6 is 0 Å². The normalized spacial score (nSPS) is 10.9.